The van der Waals surface area contributed by atoms with Crippen molar-refractivity contribution in [3.63, 3.8) is 0 Å². The molecule has 0 aliphatic carbocycles. The fourth-order valence-corrected chi connectivity index (χ4v) is 1.66. The maximum atomic E-state index is 4.07. The Morgan fingerprint density at radius 3 is 2.33 bits per heavy atom. The molecular formula is C12H21N3. The highest BCUT2D eigenvalue weighted by Gasteiger charge is 2.19. The van der Waals surface area contributed by atoms with E-state index in [-0.39, 0.29) is 0 Å². The zero-order valence-corrected chi connectivity index (χ0v) is 10.1. The number of nitrogens with one attached hydrogen (secondary N) is 1. The molecule has 84 valence electrons. The average molecular weight is 207 g/mol. The Morgan fingerprint density at radius 1 is 1.27 bits per heavy atom. The molecular weight excluding hydrogens is 186 g/mol. The lowest BCUT2D eigenvalue weighted by atomic mass is 9.86. The molecule has 0 bridgehead atoms. The normalized spacial score (nSPS) is 13.9. The van der Waals surface area contributed by atoms with Crippen molar-refractivity contribution < 1.29 is 0 Å². The summed E-state index contributed by atoms with van der Waals surface area (Å²) >= 11 is 0. The van der Waals surface area contributed by atoms with E-state index < -0.39 is 0 Å². The summed E-state index contributed by atoms with van der Waals surface area (Å²) in [5.41, 5.74) is 1.48. The fourth-order valence-electron chi connectivity index (χ4n) is 1.66. The summed E-state index contributed by atoms with van der Waals surface area (Å²) in [7, 11) is 0. The van der Waals surface area contributed by atoms with Crippen LogP contribution in [0.4, 0.5) is 0 Å². The molecule has 1 aromatic rings. The number of rotatable bonds is 4. The minimum absolute atomic E-state index is 0.308. The Kier molecular flexibility index (Phi) is 4.21. The van der Waals surface area contributed by atoms with Crippen molar-refractivity contribution in [3.8, 4) is 0 Å². The van der Waals surface area contributed by atoms with Gasteiger partial charge in [-0.25, -0.2) is 9.97 Å². The lowest BCUT2D eigenvalue weighted by Crippen LogP contribution is -2.25. The molecule has 1 heterocycles. The van der Waals surface area contributed by atoms with E-state index in [9.17, 15) is 0 Å². The van der Waals surface area contributed by atoms with Crippen LogP contribution >= 0.6 is 0 Å². The summed E-state index contributed by atoms with van der Waals surface area (Å²) in [5.74, 6) is 0. The molecule has 1 unspecified atom stereocenters. The van der Waals surface area contributed by atoms with Gasteiger partial charge in [0.25, 0.3) is 0 Å². The second-order valence-corrected chi connectivity index (χ2v) is 5.05. The van der Waals surface area contributed by atoms with Crippen LogP contribution < -0.4 is 5.32 Å². The van der Waals surface area contributed by atoms with Crippen molar-refractivity contribution >= 4 is 0 Å². The molecule has 0 aliphatic rings. The van der Waals surface area contributed by atoms with Gasteiger partial charge < -0.3 is 5.32 Å². The topological polar surface area (TPSA) is 37.8 Å². The predicted octanol–water partition coefficient (Wildman–Crippen LogP) is 2.56. The Labute approximate surface area is 92.3 Å². The highest BCUT2D eigenvalue weighted by Crippen LogP contribution is 2.28. The summed E-state index contributed by atoms with van der Waals surface area (Å²) in [6.07, 6.45) is 6.45. The molecule has 3 nitrogen and oxygen atoms in total. The minimum atomic E-state index is 0.308. The van der Waals surface area contributed by atoms with Crippen LogP contribution in [-0.2, 0) is 0 Å². The molecule has 1 rings (SSSR count). The third-order valence-corrected chi connectivity index (χ3v) is 2.25. The van der Waals surface area contributed by atoms with Crippen LogP contribution in [0.2, 0.25) is 0 Å². The quantitative estimate of drug-likeness (QED) is 0.824. The van der Waals surface area contributed by atoms with Gasteiger partial charge in [-0.3, -0.25) is 0 Å². The number of nitrogens with zero attached hydrogens (tertiary/aromatic N) is 2. The number of hydrogen-bond acceptors (Lipinski definition) is 3. The molecule has 0 aliphatic heterocycles. The van der Waals surface area contributed by atoms with E-state index >= 15 is 0 Å². The Balaban J connectivity index is 2.75. The summed E-state index contributed by atoms with van der Waals surface area (Å²) in [6, 6.07) is 0.358. The zero-order chi connectivity index (χ0) is 11.3. The van der Waals surface area contributed by atoms with Gasteiger partial charge in [-0.15, -0.1) is 0 Å². The van der Waals surface area contributed by atoms with Gasteiger partial charge in [0, 0.05) is 24.0 Å². The van der Waals surface area contributed by atoms with Crippen molar-refractivity contribution in [2.45, 2.75) is 40.2 Å². The molecule has 0 aromatic carbocycles. The molecule has 0 spiro atoms. The van der Waals surface area contributed by atoms with Gasteiger partial charge in [0.15, 0.2) is 0 Å². The van der Waals surface area contributed by atoms with Crippen molar-refractivity contribution in [3.05, 3.63) is 24.3 Å². The second kappa shape index (κ2) is 5.21. The maximum absolute atomic E-state index is 4.07. The van der Waals surface area contributed by atoms with E-state index in [1.165, 1.54) is 5.56 Å². The molecule has 1 atom stereocenters. The summed E-state index contributed by atoms with van der Waals surface area (Å²) in [6.45, 7) is 9.85. The molecule has 0 fully saturated rings. The summed E-state index contributed by atoms with van der Waals surface area (Å²) < 4.78 is 0. The van der Waals surface area contributed by atoms with Gasteiger partial charge >= 0.3 is 0 Å². The number of aromatic nitrogens is 2. The maximum Gasteiger partial charge on any atom is 0.115 e. The molecule has 0 saturated carbocycles. The van der Waals surface area contributed by atoms with Crippen molar-refractivity contribution in [1.82, 2.24) is 15.3 Å². The van der Waals surface area contributed by atoms with Crippen LogP contribution in [0, 0.1) is 5.41 Å². The largest absolute Gasteiger partial charge is 0.310 e. The highest BCUT2D eigenvalue weighted by atomic mass is 14.9. The van der Waals surface area contributed by atoms with E-state index in [0.29, 0.717) is 11.5 Å². The van der Waals surface area contributed by atoms with E-state index in [4.69, 9.17) is 0 Å². The minimum Gasteiger partial charge on any atom is -0.310 e. The van der Waals surface area contributed by atoms with Crippen LogP contribution in [0.3, 0.4) is 0 Å². The van der Waals surface area contributed by atoms with Gasteiger partial charge in [0.1, 0.15) is 6.33 Å². The standard InChI is InChI=1S/C12H21N3/c1-5-15-11(6-12(2,3)4)10-7-13-9-14-8-10/h7-9,11,15H,5-6H2,1-4H3. The van der Waals surface area contributed by atoms with Crippen molar-refractivity contribution in [2.24, 2.45) is 5.41 Å². The molecule has 0 saturated heterocycles. The van der Waals surface area contributed by atoms with Gasteiger partial charge in [-0.1, -0.05) is 27.7 Å². The van der Waals surface area contributed by atoms with Crippen molar-refractivity contribution in [1.29, 1.82) is 0 Å². The summed E-state index contributed by atoms with van der Waals surface area (Å²) in [4.78, 5) is 8.13. The Hall–Kier alpha value is -0.960. The SMILES string of the molecule is CCNC(CC(C)(C)C)c1cncnc1. The first-order valence-corrected chi connectivity index (χ1v) is 5.51. The first-order valence-electron chi connectivity index (χ1n) is 5.51. The zero-order valence-electron chi connectivity index (χ0n) is 10.1. The monoisotopic (exact) mass is 207 g/mol. The molecule has 3 heteroatoms. The Bertz CT molecular complexity index is 277. The molecule has 1 N–H and O–H groups in total. The van der Waals surface area contributed by atoms with Crippen LogP contribution in [0.15, 0.2) is 18.7 Å². The van der Waals surface area contributed by atoms with E-state index in [0.717, 1.165) is 13.0 Å². The highest BCUT2D eigenvalue weighted by molar-refractivity contribution is 5.09. The van der Waals surface area contributed by atoms with Crippen molar-refractivity contribution in [2.75, 3.05) is 6.54 Å². The molecule has 0 radical (unpaired) electrons. The molecule has 1 aromatic heterocycles. The van der Waals surface area contributed by atoms with Gasteiger partial charge in [-0.2, -0.15) is 0 Å². The Morgan fingerprint density at radius 2 is 1.87 bits per heavy atom. The van der Waals surface area contributed by atoms with E-state index in [1.54, 1.807) is 6.33 Å². The molecule has 0 amide bonds. The van der Waals surface area contributed by atoms with Crippen LogP contribution in [-0.4, -0.2) is 16.5 Å². The van der Waals surface area contributed by atoms with Crippen LogP contribution in [0.1, 0.15) is 45.7 Å². The first kappa shape index (κ1) is 12.1. The first-order chi connectivity index (χ1) is 7.03. The van der Waals surface area contributed by atoms with Crippen LogP contribution in [0.5, 0.6) is 0 Å². The third kappa shape index (κ3) is 4.38. The number of hydrogen-bond donors (Lipinski definition) is 1. The van der Waals surface area contributed by atoms with E-state index in [1.807, 2.05) is 12.4 Å². The lowest BCUT2D eigenvalue weighted by molar-refractivity contribution is 0.313. The van der Waals surface area contributed by atoms with Gasteiger partial charge in [0.05, 0.1) is 0 Å². The predicted molar refractivity (Wildman–Crippen MR) is 62.5 cm³/mol. The molecule has 15 heavy (non-hydrogen) atoms. The van der Waals surface area contributed by atoms with Gasteiger partial charge in [0.2, 0.25) is 0 Å². The summed E-state index contributed by atoms with van der Waals surface area (Å²) in [5, 5.41) is 3.48. The fraction of sp³-hybridized carbons (Fsp3) is 0.667. The van der Waals surface area contributed by atoms with E-state index in [2.05, 4.69) is 43.0 Å². The van der Waals surface area contributed by atoms with Gasteiger partial charge in [-0.05, 0) is 18.4 Å². The lowest BCUT2D eigenvalue weighted by Gasteiger charge is -2.26. The third-order valence-electron chi connectivity index (χ3n) is 2.25. The average Bonchev–Trinajstić information content (AvgIpc) is 2.17. The van der Waals surface area contributed by atoms with Crippen LogP contribution in [0.25, 0.3) is 0 Å². The second-order valence-electron chi connectivity index (χ2n) is 5.05. The smallest absolute Gasteiger partial charge is 0.115 e.